The molecule has 1 aliphatic heterocycles. The molecule has 134 valence electrons. The lowest BCUT2D eigenvalue weighted by atomic mass is 10.2. The van der Waals surface area contributed by atoms with Crippen LogP contribution in [0.1, 0.15) is 5.56 Å². The van der Waals surface area contributed by atoms with E-state index < -0.39 is 20.0 Å². The highest BCUT2D eigenvalue weighted by Gasteiger charge is 2.34. The van der Waals surface area contributed by atoms with Crippen molar-refractivity contribution in [3.05, 3.63) is 50.4 Å². The van der Waals surface area contributed by atoms with Crippen LogP contribution in [0.15, 0.2) is 44.6 Å². The van der Waals surface area contributed by atoms with Gasteiger partial charge in [-0.1, -0.05) is 39.1 Å². The molecule has 0 radical (unpaired) electrons. The summed E-state index contributed by atoms with van der Waals surface area (Å²) in [5.41, 5.74) is 0.946. The van der Waals surface area contributed by atoms with Gasteiger partial charge in [0.15, 0.2) is 0 Å². The molecule has 3 rings (SSSR count). The molecule has 0 fully saturated rings. The van der Waals surface area contributed by atoms with Crippen molar-refractivity contribution in [1.29, 1.82) is 0 Å². The maximum absolute atomic E-state index is 13.0. The Morgan fingerprint density at radius 1 is 1.04 bits per heavy atom. The highest BCUT2D eigenvalue weighted by molar-refractivity contribution is 9.10. The topological polar surface area (TPSA) is 97.5 Å². The molecule has 2 N–H and O–H groups in total. The molecule has 25 heavy (non-hydrogen) atoms. The molecular formula is C14H11BrCl2N2O4S2. The SMILES string of the molecule is NS(=O)(=O)c1ccc2c(c1)CCN2S(=O)(=O)c1c(Cl)cc(Br)cc1Cl. The highest BCUT2D eigenvalue weighted by atomic mass is 79.9. The van der Waals surface area contributed by atoms with Gasteiger partial charge in [0.1, 0.15) is 4.90 Å². The summed E-state index contributed by atoms with van der Waals surface area (Å²) in [6, 6.07) is 6.96. The fourth-order valence-electron chi connectivity index (χ4n) is 2.66. The summed E-state index contributed by atoms with van der Waals surface area (Å²) >= 11 is 15.4. The second-order valence-corrected chi connectivity index (χ2v) is 10.5. The second-order valence-electron chi connectivity index (χ2n) is 5.36. The number of benzene rings is 2. The smallest absolute Gasteiger partial charge is 0.266 e. The van der Waals surface area contributed by atoms with Crippen LogP contribution in [0.2, 0.25) is 10.0 Å². The van der Waals surface area contributed by atoms with Gasteiger partial charge in [-0.2, -0.15) is 0 Å². The average molecular weight is 486 g/mol. The van der Waals surface area contributed by atoms with Crippen LogP contribution in [0.5, 0.6) is 0 Å². The first-order valence-corrected chi connectivity index (χ1v) is 11.4. The maximum Gasteiger partial charge on any atom is 0.267 e. The van der Waals surface area contributed by atoms with Crippen molar-refractivity contribution in [1.82, 2.24) is 0 Å². The minimum atomic E-state index is -4.01. The molecule has 2 aromatic rings. The summed E-state index contributed by atoms with van der Waals surface area (Å²) in [5.74, 6) is 0. The molecule has 1 aliphatic rings. The molecule has 0 atom stereocenters. The van der Waals surface area contributed by atoms with E-state index in [2.05, 4.69) is 15.9 Å². The number of hydrogen-bond donors (Lipinski definition) is 1. The number of sulfonamides is 2. The molecule has 0 saturated carbocycles. The lowest BCUT2D eigenvalue weighted by Crippen LogP contribution is -2.29. The Labute approximate surface area is 163 Å². The normalized spacial score (nSPS) is 14.6. The Morgan fingerprint density at radius 3 is 2.20 bits per heavy atom. The van der Waals surface area contributed by atoms with Crippen molar-refractivity contribution >= 4 is 64.9 Å². The Kier molecular flexibility index (Phi) is 4.85. The van der Waals surface area contributed by atoms with E-state index in [0.717, 1.165) is 4.31 Å². The molecule has 0 saturated heterocycles. The number of primary sulfonamides is 1. The van der Waals surface area contributed by atoms with Crippen LogP contribution in [0.4, 0.5) is 5.69 Å². The summed E-state index contributed by atoms with van der Waals surface area (Å²) in [6.07, 6.45) is 0.351. The summed E-state index contributed by atoms with van der Waals surface area (Å²) in [6.45, 7) is 0.147. The number of nitrogens with two attached hydrogens (primary N) is 1. The summed E-state index contributed by atoms with van der Waals surface area (Å²) in [4.78, 5) is -0.257. The third-order valence-electron chi connectivity index (χ3n) is 3.74. The van der Waals surface area contributed by atoms with Gasteiger partial charge in [0.2, 0.25) is 10.0 Å². The minimum absolute atomic E-state index is 0.00557. The predicted octanol–water partition coefficient (Wildman–Crippen LogP) is 3.15. The quantitative estimate of drug-likeness (QED) is 0.721. The molecule has 6 nitrogen and oxygen atoms in total. The van der Waals surface area contributed by atoms with E-state index in [1.165, 1.54) is 30.3 Å². The van der Waals surface area contributed by atoms with E-state index in [9.17, 15) is 16.8 Å². The largest absolute Gasteiger partial charge is 0.267 e. The molecule has 0 unspecified atom stereocenters. The van der Waals surface area contributed by atoms with Crippen LogP contribution < -0.4 is 9.44 Å². The first kappa shape index (κ1) is 18.9. The predicted molar refractivity (Wildman–Crippen MR) is 100 cm³/mol. The van der Waals surface area contributed by atoms with Crippen LogP contribution in [-0.2, 0) is 26.5 Å². The van der Waals surface area contributed by atoms with E-state index in [1.807, 2.05) is 0 Å². The lowest BCUT2D eigenvalue weighted by Gasteiger charge is -2.21. The van der Waals surface area contributed by atoms with Crippen molar-refractivity contribution in [3.63, 3.8) is 0 Å². The zero-order chi connectivity index (χ0) is 18.6. The Balaban J connectivity index is 2.12. The van der Waals surface area contributed by atoms with Gasteiger partial charge in [-0.05, 0) is 42.3 Å². The molecule has 0 bridgehead atoms. The van der Waals surface area contributed by atoms with Crippen LogP contribution in [-0.4, -0.2) is 23.4 Å². The molecule has 0 spiro atoms. The summed E-state index contributed by atoms with van der Waals surface area (Å²) in [7, 11) is -7.87. The fraction of sp³-hybridized carbons (Fsp3) is 0.143. The second kappa shape index (κ2) is 6.40. The first-order valence-electron chi connectivity index (χ1n) is 6.85. The lowest BCUT2D eigenvalue weighted by molar-refractivity contribution is 0.592. The number of halogens is 3. The van der Waals surface area contributed by atoms with Gasteiger partial charge < -0.3 is 0 Å². The Morgan fingerprint density at radius 2 is 1.64 bits per heavy atom. The van der Waals surface area contributed by atoms with Gasteiger partial charge in [-0.25, -0.2) is 22.0 Å². The van der Waals surface area contributed by atoms with Crippen molar-refractivity contribution in [2.24, 2.45) is 5.14 Å². The molecule has 1 heterocycles. The van der Waals surface area contributed by atoms with Gasteiger partial charge in [-0.15, -0.1) is 0 Å². The van der Waals surface area contributed by atoms with E-state index >= 15 is 0 Å². The van der Waals surface area contributed by atoms with Gasteiger partial charge in [0.25, 0.3) is 10.0 Å². The Hall–Kier alpha value is -0.840. The van der Waals surface area contributed by atoms with E-state index in [1.54, 1.807) is 0 Å². The summed E-state index contributed by atoms with van der Waals surface area (Å²) < 4.78 is 50.7. The van der Waals surface area contributed by atoms with Gasteiger partial charge in [0, 0.05) is 11.0 Å². The highest BCUT2D eigenvalue weighted by Crippen LogP contribution is 2.39. The van der Waals surface area contributed by atoms with Crippen molar-refractivity contribution in [3.8, 4) is 0 Å². The zero-order valence-corrected chi connectivity index (χ0v) is 17.1. The van der Waals surface area contributed by atoms with Crippen LogP contribution in [0.25, 0.3) is 0 Å². The van der Waals surface area contributed by atoms with Crippen molar-refractivity contribution in [2.45, 2.75) is 16.2 Å². The molecule has 2 aromatic carbocycles. The molecule has 0 aromatic heterocycles. The molecule has 0 amide bonds. The number of rotatable bonds is 3. The summed E-state index contributed by atoms with van der Waals surface area (Å²) in [5, 5.41) is 5.11. The maximum atomic E-state index is 13.0. The first-order chi connectivity index (χ1) is 11.5. The van der Waals surface area contributed by atoms with Crippen LogP contribution >= 0.6 is 39.1 Å². The number of hydrogen-bond acceptors (Lipinski definition) is 4. The van der Waals surface area contributed by atoms with Crippen LogP contribution in [0, 0.1) is 0 Å². The standard InChI is InChI=1S/C14H11BrCl2N2O4S2/c15-9-6-11(16)14(12(17)7-9)25(22,23)19-4-3-8-5-10(24(18,20)21)1-2-13(8)19/h1-2,5-7H,3-4H2,(H2,18,20,21). The monoisotopic (exact) mass is 484 g/mol. The zero-order valence-electron chi connectivity index (χ0n) is 12.4. The number of fused-ring (bicyclic) bond motifs is 1. The van der Waals surface area contributed by atoms with Crippen LogP contribution in [0.3, 0.4) is 0 Å². The minimum Gasteiger partial charge on any atom is -0.266 e. The fourth-order valence-corrected chi connectivity index (χ4v) is 6.62. The molecular weight excluding hydrogens is 475 g/mol. The van der Waals surface area contributed by atoms with Gasteiger partial charge >= 0.3 is 0 Å². The van der Waals surface area contributed by atoms with E-state index in [0.29, 0.717) is 22.1 Å². The number of nitrogens with zero attached hydrogens (tertiary/aromatic N) is 1. The van der Waals surface area contributed by atoms with Crippen molar-refractivity contribution in [2.75, 3.05) is 10.8 Å². The average Bonchev–Trinajstić information content (AvgIpc) is 2.88. The van der Waals surface area contributed by atoms with Crippen molar-refractivity contribution < 1.29 is 16.8 Å². The Bertz CT molecular complexity index is 1070. The van der Waals surface area contributed by atoms with Gasteiger partial charge in [0.05, 0.1) is 20.6 Å². The van der Waals surface area contributed by atoms with E-state index in [4.69, 9.17) is 28.3 Å². The third-order valence-corrected chi connectivity index (χ3v) is 7.85. The third kappa shape index (κ3) is 3.41. The van der Waals surface area contributed by atoms with E-state index in [-0.39, 0.29) is 26.4 Å². The number of anilines is 1. The van der Waals surface area contributed by atoms with Gasteiger partial charge in [-0.3, -0.25) is 4.31 Å². The molecule has 11 heteroatoms. The molecule has 0 aliphatic carbocycles.